The van der Waals surface area contributed by atoms with E-state index in [1.807, 2.05) is 78.9 Å². The van der Waals surface area contributed by atoms with Crippen molar-refractivity contribution in [2.45, 2.75) is 138 Å². The van der Waals surface area contributed by atoms with Crippen molar-refractivity contribution < 1.29 is 58.1 Å². The Morgan fingerprint density at radius 3 is 1.63 bits per heavy atom. The first kappa shape index (κ1) is 73.3. The van der Waals surface area contributed by atoms with E-state index in [-0.39, 0.29) is 102 Å². The number of hydrogen-bond donors (Lipinski definition) is 9. The fourth-order valence-corrected chi connectivity index (χ4v) is 14.1. The third-order valence-electron chi connectivity index (χ3n) is 17.8. The molecule has 0 aliphatic carbocycles. The molecule has 2 aliphatic heterocycles. The van der Waals surface area contributed by atoms with Gasteiger partial charge in [0.1, 0.15) is 47.6 Å². The summed E-state index contributed by atoms with van der Waals surface area (Å²) >= 11 is 1.69. The number of unbranched alkanes of at least 4 members (excludes halogenated alkanes) is 1. The molecule has 1 aromatic heterocycles. The molecule has 7 atom stereocenters. The van der Waals surface area contributed by atoms with E-state index in [2.05, 4.69) is 73.3 Å². The lowest BCUT2D eigenvalue weighted by molar-refractivity contribution is -0.145. The SMILES string of the molecule is C[C@@H](O)[C@@H]1NC(=O)[C@H](CCCCNC(=O)OC(C)(C)C)NC(=O)[C@@H](Cc2c[nH]c3ccccc23)NC(=O)[C@H](Cc2ccc(O)cc2)NC(=O)[C@H](CCC(=O)N2CCN(C(=O)CCSC(c3ccccc3)(c3ccccc3)c3ccccc3)CC2)N(C)C(=O)[C@H](Cc2ccccc2)NC1=O. The van der Waals surface area contributed by atoms with E-state index >= 15 is 19.2 Å². The highest BCUT2D eigenvalue weighted by atomic mass is 32.2. The summed E-state index contributed by atoms with van der Waals surface area (Å²) in [4.78, 5) is 139. The van der Waals surface area contributed by atoms with Gasteiger partial charge in [0.05, 0.1) is 10.9 Å². The standard InChI is InChI=1S/C76H90N10O12S/c1-50(87)67-72(95)82-63(47-51-22-10-6-11-23-51)73(96)84(5)64(37-38-65(89)85-41-43-86(44-42-85)66(90)39-45-99-76(54-24-12-7-13-25-54,55-26-14-8-15-27-55)56-28-16-9-17-29-56)71(94)81-61(46-52-33-35-57(88)36-34-52)69(92)80-62(48-53-49-78-59-31-19-18-30-58(53)59)70(93)79-60(68(91)83-67)32-20-21-40-77-74(97)98-75(2,3)4/h6-19,22-31,33-36,49-50,60-64,67,78,87-88H,20-21,32,37-48H2,1-5H3,(H,77,97)(H,79,93)(H,80,92)(H,81,94)(H,82,95)(H,83,91)/t50-,60+,61+,62-,63+,64+,67+/m1/s1. The smallest absolute Gasteiger partial charge is 0.407 e. The first-order chi connectivity index (χ1) is 47.6. The van der Waals surface area contributed by atoms with Crippen molar-refractivity contribution in [2.24, 2.45) is 0 Å². The monoisotopic (exact) mass is 1370 g/mol. The number of aliphatic hydroxyl groups excluding tert-OH is 1. The van der Waals surface area contributed by atoms with Crippen molar-refractivity contribution in [2.75, 3.05) is 45.5 Å². The van der Waals surface area contributed by atoms with Gasteiger partial charge in [-0.05, 0) is 105 Å². The summed E-state index contributed by atoms with van der Waals surface area (Å²) in [5.41, 5.74) is 4.89. The summed E-state index contributed by atoms with van der Waals surface area (Å²) < 4.78 is 4.75. The second-order valence-electron chi connectivity index (χ2n) is 26.2. The van der Waals surface area contributed by atoms with Crippen LogP contribution in [0.4, 0.5) is 4.79 Å². The maximum atomic E-state index is 15.4. The molecule has 7 aromatic rings. The Kier molecular flexibility index (Phi) is 25.5. The van der Waals surface area contributed by atoms with Crippen molar-refractivity contribution in [3.63, 3.8) is 0 Å². The van der Waals surface area contributed by atoms with Gasteiger partial charge in [0.25, 0.3) is 0 Å². The second kappa shape index (κ2) is 34.5. The van der Waals surface area contributed by atoms with Crippen molar-refractivity contribution in [3.05, 3.63) is 209 Å². The van der Waals surface area contributed by atoms with Gasteiger partial charge in [-0.1, -0.05) is 152 Å². The number of piperazine rings is 1. The zero-order valence-corrected chi connectivity index (χ0v) is 57.4. The predicted octanol–water partition coefficient (Wildman–Crippen LogP) is 6.81. The number of para-hydroxylation sites is 1. The Morgan fingerprint density at radius 1 is 0.566 bits per heavy atom. The molecule has 0 radical (unpaired) electrons. The van der Waals surface area contributed by atoms with Crippen LogP contribution in [0.15, 0.2) is 176 Å². The van der Waals surface area contributed by atoms with Crippen LogP contribution in [0, 0.1) is 0 Å². The topological polar surface area (TPSA) is 301 Å². The number of benzene rings is 6. The van der Waals surface area contributed by atoms with Crippen LogP contribution >= 0.6 is 11.8 Å². The van der Waals surface area contributed by atoms with E-state index in [0.717, 1.165) is 32.5 Å². The fourth-order valence-electron chi connectivity index (χ4n) is 12.6. The van der Waals surface area contributed by atoms with Gasteiger partial charge in [0.2, 0.25) is 47.3 Å². The average molecular weight is 1370 g/mol. The number of likely N-dealkylation sites (N-methyl/N-ethyl adjacent to an activating group) is 1. The van der Waals surface area contributed by atoms with Crippen LogP contribution < -0.4 is 31.9 Å². The first-order valence-electron chi connectivity index (χ1n) is 33.7. The number of hydrogen-bond acceptors (Lipinski definition) is 13. The Morgan fingerprint density at radius 2 is 1.05 bits per heavy atom. The number of thioether (sulfide) groups is 1. The Balaban J connectivity index is 0.981. The number of aromatic hydroxyl groups is 1. The molecule has 0 unspecified atom stereocenters. The molecular formula is C76H90N10O12S. The molecule has 0 saturated carbocycles. The number of phenolic OH excluding ortho intramolecular Hbond substituents is 1. The molecule has 2 fully saturated rings. The van der Waals surface area contributed by atoms with Crippen LogP contribution in [0.5, 0.6) is 5.75 Å². The summed E-state index contributed by atoms with van der Waals surface area (Å²) in [5.74, 6) is -5.19. The maximum Gasteiger partial charge on any atom is 0.407 e. The van der Waals surface area contributed by atoms with Crippen molar-refractivity contribution >= 4 is 76.0 Å². The van der Waals surface area contributed by atoms with Gasteiger partial charge in [-0.2, -0.15) is 0 Å². The number of phenols is 1. The van der Waals surface area contributed by atoms with Crippen molar-refractivity contribution in [1.82, 2.24) is 51.6 Å². The minimum atomic E-state index is -1.71. The Hall–Kier alpha value is -10.0. The summed E-state index contributed by atoms with van der Waals surface area (Å²) in [7, 11) is 1.35. The molecule has 9 rings (SSSR count). The highest BCUT2D eigenvalue weighted by Gasteiger charge is 2.41. The molecule has 2 saturated heterocycles. The fraction of sp³-hybridized carbons (Fsp3) is 0.382. The number of nitrogens with one attached hydrogen (secondary N) is 7. The van der Waals surface area contributed by atoms with Gasteiger partial charge < -0.3 is 66.5 Å². The summed E-state index contributed by atoms with van der Waals surface area (Å²) in [6.07, 6.45) is -0.878. The van der Waals surface area contributed by atoms with Crippen LogP contribution in [0.25, 0.3) is 10.9 Å². The first-order valence-corrected chi connectivity index (χ1v) is 34.7. The second-order valence-corrected chi connectivity index (χ2v) is 27.5. The maximum absolute atomic E-state index is 15.4. The van der Waals surface area contributed by atoms with E-state index < -0.39 is 94.2 Å². The summed E-state index contributed by atoms with van der Waals surface area (Å²) in [5, 5.41) is 38.9. The van der Waals surface area contributed by atoms with Crippen molar-refractivity contribution in [1.29, 1.82) is 0 Å². The van der Waals surface area contributed by atoms with Crippen LogP contribution in [0.1, 0.15) is 99.6 Å². The van der Waals surface area contributed by atoms with Crippen LogP contribution in [-0.2, 0) is 67.1 Å². The average Bonchev–Trinajstić information content (AvgIpc) is 1.41. The zero-order valence-electron chi connectivity index (χ0n) is 56.6. The third-order valence-corrected chi connectivity index (χ3v) is 19.4. The largest absolute Gasteiger partial charge is 0.508 e. The lowest BCUT2D eigenvalue weighted by Crippen LogP contribution is -2.63. The normalized spacial score (nSPS) is 19.7. The van der Waals surface area contributed by atoms with Gasteiger partial charge in [0, 0.05) is 94.7 Å². The molecule has 23 heteroatoms. The number of fused-ring (bicyclic) bond motifs is 1. The van der Waals surface area contributed by atoms with E-state index in [0.29, 0.717) is 28.9 Å². The lowest BCUT2D eigenvalue weighted by atomic mass is 9.84. The summed E-state index contributed by atoms with van der Waals surface area (Å²) in [6, 6.07) is 43.7. The van der Waals surface area contributed by atoms with E-state index in [1.54, 1.807) is 91.0 Å². The lowest BCUT2D eigenvalue weighted by Gasteiger charge is -2.37. The molecule has 99 heavy (non-hydrogen) atoms. The van der Waals surface area contributed by atoms with E-state index in [9.17, 15) is 34.2 Å². The number of aromatic amines is 1. The van der Waals surface area contributed by atoms with Crippen LogP contribution in [0.3, 0.4) is 0 Å². The highest BCUT2D eigenvalue weighted by Crippen LogP contribution is 2.48. The number of aromatic nitrogens is 1. The predicted molar refractivity (Wildman–Crippen MR) is 379 cm³/mol. The van der Waals surface area contributed by atoms with E-state index in [1.165, 1.54) is 26.1 Å². The minimum Gasteiger partial charge on any atom is -0.508 e. The number of H-pyrrole nitrogens is 1. The minimum absolute atomic E-state index is 0.0593. The number of carbonyl (C=O) groups excluding carboxylic acids is 9. The van der Waals surface area contributed by atoms with E-state index in [4.69, 9.17) is 4.74 Å². The molecule has 6 aromatic carbocycles. The zero-order chi connectivity index (χ0) is 70.6. The van der Waals surface area contributed by atoms with Gasteiger partial charge in [-0.15, -0.1) is 11.8 Å². The van der Waals surface area contributed by atoms with Crippen LogP contribution in [-0.4, -0.2) is 177 Å². The van der Waals surface area contributed by atoms with Gasteiger partial charge >= 0.3 is 6.09 Å². The molecule has 2 aliphatic rings. The molecule has 0 spiro atoms. The molecule has 9 N–H and O–H groups in total. The van der Waals surface area contributed by atoms with Crippen LogP contribution in [0.2, 0.25) is 0 Å². The molecule has 22 nitrogen and oxygen atoms in total. The van der Waals surface area contributed by atoms with Gasteiger partial charge in [-0.25, -0.2) is 4.79 Å². The Labute approximate surface area is 581 Å². The quantitative estimate of drug-likeness (QED) is 0.0249. The number of rotatable bonds is 22. The molecule has 9 amide bonds. The van der Waals surface area contributed by atoms with Gasteiger partial charge in [-0.3, -0.25) is 38.4 Å². The highest BCUT2D eigenvalue weighted by molar-refractivity contribution is 8.00. The number of aliphatic hydroxyl groups is 1. The third kappa shape index (κ3) is 19.9. The molecule has 522 valence electrons. The number of nitrogens with zero attached hydrogens (tertiary/aromatic N) is 3. The molecule has 3 heterocycles. The Bertz CT molecular complexity index is 3790. The number of amides is 9. The van der Waals surface area contributed by atoms with Crippen molar-refractivity contribution in [3.8, 4) is 5.75 Å². The number of alkyl carbamates (subject to hydrolysis) is 1. The number of ether oxygens (including phenoxy) is 1. The molecular weight excluding hydrogens is 1280 g/mol. The summed E-state index contributed by atoms with van der Waals surface area (Å²) in [6.45, 7) is 7.46. The number of carbonyl (C=O) groups is 9. The molecule has 0 bridgehead atoms. The van der Waals surface area contributed by atoms with Gasteiger partial charge in [0.15, 0.2) is 0 Å².